The normalized spacial score (nSPS) is 27.4. The summed E-state index contributed by atoms with van der Waals surface area (Å²) >= 11 is 0. The summed E-state index contributed by atoms with van der Waals surface area (Å²) in [5, 5.41) is 17.3. The number of carbonyl (C=O) groups is 2. The summed E-state index contributed by atoms with van der Waals surface area (Å²) < 4.78 is 0. The van der Waals surface area contributed by atoms with E-state index in [0.29, 0.717) is 25.7 Å². The Balaban J connectivity index is 0. The molecule has 4 nitrogen and oxygen atoms in total. The molecule has 1 fully saturated rings. The molecule has 2 atom stereocenters. The van der Waals surface area contributed by atoms with Crippen molar-refractivity contribution in [2.75, 3.05) is 0 Å². The molecule has 0 aliphatic heterocycles. The Hall–Kier alpha value is -0.463. The summed E-state index contributed by atoms with van der Waals surface area (Å²) in [5.74, 6) is -2.61. The van der Waals surface area contributed by atoms with E-state index < -0.39 is 23.8 Å². The van der Waals surface area contributed by atoms with Gasteiger partial charge >= 0.3 is 30.8 Å². The number of carboxylic acids is 2. The van der Waals surface area contributed by atoms with Crippen molar-refractivity contribution >= 4 is 11.9 Å². The van der Waals surface area contributed by atoms with Crippen LogP contribution < -0.4 is 18.9 Å². The van der Waals surface area contributed by atoms with Gasteiger partial charge in [0.05, 0.1) is 11.8 Å². The van der Waals surface area contributed by atoms with Gasteiger partial charge in [-0.25, -0.2) is 0 Å². The molecule has 0 saturated heterocycles. The van der Waals surface area contributed by atoms with Crippen LogP contribution in [0.25, 0.3) is 0 Å². The maximum atomic E-state index is 10.5. The minimum Gasteiger partial charge on any atom is -1.00 e. The maximum absolute atomic E-state index is 10.5. The quantitative estimate of drug-likeness (QED) is 0.486. The van der Waals surface area contributed by atoms with E-state index in [1.807, 2.05) is 0 Å². The Kier molecular flexibility index (Phi) is 5.12. The molecule has 0 aromatic carbocycles. The van der Waals surface area contributed by atoms with E-state index >= 15 is 0 Å². The topological polar surface area (TPSA) is 74.6 Å². The first-order valence-corrected chi connectivity index (χ1v) is 4.07. The molecule has 0 radical (unpaired) electrons. The van der Waals surface area contributed by atoms with Crippen LogP contribution in [-0.2, 0) is 9.59 Å². The zero-order valence-corrected chi connectivity index (χ0v) is 7.69. The molecular weight excluding hydrogens is 167 g/mol. The number of aliphatic carboxylic acids is 2. The molecule has 2 unspecified atom stereocenters. The van der Waals surface area contributed by atoms with Crippen LogP contribution in [0.4, 0.5) is 0 Å². The van der Waals surface area contributed by atoms with Gasteiger partial charge in [-0.15, -0.1) is 0 Å². The van der Waals surface area contributed by atoms with Crippen LogP contribution in [0, 0.1) is 11.8 Å². The largest absolute Gasteiger partial charge is 1.00 e. The Morgan fingerprint density at radius 1 is 1.08 bits per heavy atom. The third-order valence-electron chi connectivity index (χ3n) is 2.37. The van der Waals surface area contributed by atoms with Gasteiger partial charge in [-0.3, -0.25) is 9.59 Å². The third-order valence-corrected chi connectivity index (χ3v) is 2.37. The fourth-order valence-electron chi connectivity index (χ4n) is 1.64. The summed E-state index contributed by atoms with van der Waals surface area (Å²) in [5.41, 5.74) is 0. The summed E-state index contributed by atoms with van der Waals surface area (Å²) in [7, 11) is 0. The number of hydrogen-bond donors (Lipinski definition) is 2. The molecule has 0 aromatic heterocycles. The zero-order chi connectivity index (χ0) is 9.14. The molecule has 13 heavy (non-hydrogen) atoms. The summed E-state index contributed by atoms with van der Waals surface area (Å²) in [4.78, 5) is 21.1. The first-order valence-electron chi connectivity index (χ1n) is 4.07. The van der Waals surface area contributed by atoms with Crippen molar-refractivity contribution in [2.45, 2.75) is 25.7 Å². The summed E-state index contributed by atoms with van der Waals surface area (Å²) in [6.45, 7) is 0. The van der Waals surface area contributed by atoms with Crippen LogP contribution in [-0.4, -0.2) is 22.2 Å². The van der Waals surface area contributed by atoms with E-state index in [-0.39, 0.29) is 20.3 Å². The van der Waals surface area contributed by atoms with Crippen LogP contribution >= 0.6 is 0 Å². The second kappa shape index (κ2) is 5.31. The van der Waals surface area contributed by atoms with Crippen LogP contribution in [0.1, 0.15) is 27.1 Å². The standard InChI is InChI=1S/C8H12O4.Li.H/c9-7(10)5-2-1-3-6(4-5)8(11)12;;/h5-6H,1-4H2,(H,9,10)(H,11,12);;/q;+1;-1. The van der Waals surface area contributed by atoms with E-state index in [1.165, 1.54) is 0 Å². The summed E-state index contributed by atoms with van der Waals surface area (Å²) in [6, 6.07) is 0. The molecule has 0 heterocycles. The Morgan fingerprint density at radius 2 is 1.46 bits per heavy atom. The monoisotopic (exact) mass is 180 g/mol. The Bertz CT molecular complexity index is 190. The minimum atomic E-state index is -0.860. The van der Waals surface area contributed by atoms with E-state index in [1.54, 1.807) is 0 Å². The van der Waals surface area contributed by atoms with Crippen molar-refractivity contribution in [3.63, 3.8) is 0 Å². The van der Waals surface area contributed by atoms with Crippen molar-refractivity contribution in [1.82, 2.24) is 0 Å². The summed E-state index contributed by atoms with van der Waals surface area (Å²) in [6.07, 6.45) is 2.26. The van der Waals surface area contributed by atoms with Gasteiger partial charge in [0, 0.05) is 0 Å². The minimum absolute atomic E-state index is 0. The van der Waals surface area contributed by atoms with Gasteiger partial charge in [0.1, 0.15) is 0 Å². The van der Waals surface area contributed by atoms with Crippen molar-refractivity contribution < 1.29 is 40.1 Å². The molecule has 5 heteroatoms. The molecule has 1 aliphatic carbocycles. The molecule has 1 rings (SSSR count). The Morgan fingerprint density at radius 3 is 1.77 bits per heavy atom. The van der Waals surface area contributed by atoms with Crippen molar-refractivity contribution in [1.29, 1.82) is 0 Å². The molecule has 0 spiro atoms. The number of rotatable bonds is 2. The van der Waals surface area contributed by atoms with Gasteiger partial charge in [0.25, 0.3) is 0 Å². The van der Waals surface area contributed by atoms with Crippen molar-refractivity contribution in [2.24, 2.45) is 11.8 Å². The third kappa shape index (κ3) is 3.41. The van der Waals surface area contributed by atoms with E-state index in [9.17, 15) is 9.59 Å². The Labute approximate surface area is 90.0 Å². The van der Waals surface area contributed by atoms with Crippen LogP contribution in [0.15, 0.2) is 0 Å². The van der Waals surface area contributed by atoms with E-state index in [0.717, 1.165) is 0 Å². The first-order chi connectivity index (χ1) is 5.61. The van der Waals surface area contributed by atoms with Gasteiger partial charge in [0.2, 0.25) is 0 Å². The van der Waals surface area contributed by atoms with Gasteiger partial charge < -0.3 is 11.6 Å². The van der Waals surface area contributed by atoms with Gasteiger partial charge in [-0.2, -0.15) is 0 Å². The van der Waals surface area contributed by atoms with Crippen LogP contribution in [0.2, 0.25) is 0 Å². The first kappa shape index (κ1) is 12.5. The van der Waals surface area contributed by atoms with Crippen molar-refractivity contribution in [3.05, 3.63) is 0 Å². The van der Waals surface area contributed by atoms with Gasteiger partial charge in [-0.05, 0) is 19.3 Å². The predicted octanol–water partition coefficient (Wildman–Crippen LogP) is -1.92. The molecule has 70 valence electrons. The molecule has 0 amide bonds. The average molecular weight is 180 g/mol. The smallest absolute Gasteiger partial charge is 1.00 e. The average Bonchev–Trinajstić information content (AvgIpc) is 2.04. The van der Waals surface area contributed by atoms with Gasteiger partial charge in [0.15, 0.2) is 0 Å². The molecule has 1 saturated carbocycles. The number of carboxylic acid groups (broad SMARTS) is 2. The SMILES string of the molecule is O=C(O)C1CCCC(C(=O)O)C1.[H-].[Li+]. The molecule has 1 aliphatic rings. The molecule has 0 aromatic rings. The fourth-order valence-corrected chi connectivity index (χ4v) is 1.64. The second-order valence-electron chi connectivity index (χ2n) is 3.24. The van der Waals surface area contributed by atoms with E-state index in [2.05, 4.69) is 0 Å². The maximum Gasteiger partial charge on any atom is 1.00 e. The van der Waals surface area contributed by atoms with Crippen LogP contribution in [0.5, 0.6) is 0 Å². The van der Waals surface area contributed by atoms with Crippen LogP contribution in [0.3, 0.4) is 0 Å². The van der Waals surface area contributed by atoms with E-state index in [4.69, 9.17) is 10.2 Å². The predicted molar refractivity (Wildman–Crippen MR) is 41.8 cm³/mol. The molecule has 2 N–H and O–H groups in total. The number of hydrogen-bond acceptors (Lipinski definition) is 2. The second-order valence-corrected chi connectivity index (χ2v) is 3.24. The van der Waals surface area contributed by atoms with Crippen molar-refractivity contribution in [3.8, 4) is 0 Å². The van der Waals surface area contributed by atoms with Gasteiger partial charge in [-0.1, -0.05) is 6.42 Å². The molecule has 0 bridgehead atoms. The fraction of sp³-hybridized carbons (Fsp3) is 0.750. The zero-order valence-electron chi connectivity index (χ0n) is 8.69. The molecular formula is C8H13LiO4.